The van der Waals surface area contributed by atoms with Crippen molar-refractivity contribution >= 4 is 5.97 Å². The Morgan fingerprint density at radius 3 is 3.00 bits per heavy atom. The highest BCUT2D eigenvalue weighted by molar-refractivity contribution is 5.75. The number of carbonyl (C=O) groups is 1. The third-order valence-corrected chi connectivity index (χ3v) is 3.77. The molecule has 0 radical (unpaired) electrons. The van der Waals surface area contributed by atoms with Gasteiger partial charge in [0.25, 0.3) is 0 Å². The zero-order chi connectivity index (χ0) is 15.4. The minimum absolute atomic E-state index is 0.268. The molecule has 0 saturated carbocycles. The second kappa shape index (κ2) is 6.95. The molecule has 0 unspecified atom stereocenters. The average molecular weight is 293 g/mol. The van der Waals surface area contributed by atoms with Gasteiger partial charge in [0.15, 0.2) is 0 Å². The third-order valence-electron chi connectivity index (χ3n) is 3.77. The number of aliphatic hydroxyl groups is 1. The topological polar surface area (TPSA) is 75.6 Å². The van der Waals surface area contributed by atoms with Gasteiger partial charge in [-0.05, 0) is 18.9 Å². The fraction of sp³-hybridized carbons (Fsp3) is 0.667. The van der Waals surface area contributed by atoms with E-state index in [2.05, 4.69) is 9.97 Å². The standard InChI is InChI=1S/C15H23N3O3/c1-10(2)14-16-6-4-11(17-14)9-18-7-5-12(19)8-13(18)15(20)21-3/h4,6,10,12-13,19H,5,7-9H2,1-3H3/t12-,13+/m0/s1. The van der Waals surface area contributed by atoms with Crippen molar-refractivity contribution in [3.8, 4) is 0 Å². The van der Waals surface area contributed by atoms with Crippen LogP contribution in [0, 0.1) is 0 Å². The number of methoxy groups -OCH3 is 1. The molecule has 1 aliphatic heterocycles. The van der Waals surface area contributed by atoms with Crippen LogP contribution in [0.3, 0.4) is 0 Å². The van der Waals surface area contributed by atoms with Crippen LogP contribution in [0.5, 0.6) is 0 Å². The van der Waals surface area contributed by atoms with E-state index >= 15 is 0 Å². The van der Waals surface area contributed by atoms with Gasteiger partial charge in [-0.3, -0.25) is 9.69 Å². The van der Waals surface area contributed by atoms with Crippen LogP contribution in [0.4, 0.5) is 0 Å². The number of hydrogen-bond acceptors (Lipinski definition) is 6. The molecule has 1 saturated heterocycles. The normalized spacial score (nSPS) is 23.3. The van der Waals surface area contributed by atoms with Crippen LogP contribution >= 0.6 is 0 Å². The first kappa shape index (κ1) is 15.9. The maximum absolute atomic E-state index is 11.9. The van der Waals surface area contributed by atoms with E-state index in [0.717, 1.165) is 11.5 Å². The summed E-state index contributed by atoms with van der Waals surface area (Å²) in [5.74, 6) is 0.774. The molecule has 6 nitrogen and oxygen atoms in total. The number of esters is 1. The number of carbonyl (C=O) groups excluding carboxylic acids is 1. The second-order valence-electron chi connectivity index (χ2n) is 5.75. The summed E-state index contributed by atoms with van der Waals surface area (Å²) in [5, 5.41) is 9.76. The number of aliphatic hydroxyl groups excluding tert-OH is 1. The molecule has 6 heteroatoms. The van der Waals surface area contributed by atoms with E-state index in [1.54, 1.807) is 6.20 Å². The third kappa shape index (κ3) is 3.98. The molecule has 116 valence electrons. The molecule has 21 heavy (non-hydrogen) atoms. The van der Waals surface area contributed by atoms with Crippen LogP contribution in [-0.4, -0.2) is 51.7 Å². The zero-order valence-electron chi connectivity index (χ0n) is 12.8. The van der Waals surface area contributed by atoms with Crippen LogP contribution in [0.15, 0.2) is 12.3 Å². The molecule has 2 atom stereocenters. The Morgan fingerprint density at radius 1 is 1.57 bits per heavy atom. The van der Waals surface area contributed by atoms with Crippen LogP contribution in [0.1, 0.15) is 44.1 Å². The van der Waals surface area contributed by atoms with Crippen molar-refractivity contribution in [2.24, 2.45) is 0 Å². The molecular formula is C15H23N3O3. The van der Waals surface area contributed by atoms with Crippen molar-refractivity contribution in [2.45, 2.75) is 51.3 Å². The lowest BCUT2D eigenvalue weighted by Crippen LogP contribution is -2.48. The molecular weight excluding hydrogens is 270 g/mol. The summed E-state index contributed by atoms with van der Waals surface area (Å²) in [7, 11) is 1.38. The number of aromatic nitrogens is 2. The van der Waals surface area contributed by atoms with Crippen LogP contribution < -0.4 is 0 Å². The van der Waals surface area contributed by atoms with E-state index in [4.69, 9.17) is 4.74 Å². The average Bonchev–Trinajstić information content (AvgIpc) is 2.48. The Morgan fingerprint density at radius 2 is 2.33 bits per heavy atom. The SMILES string of the molecule is COC(=O)[C@H]1C[C@@H](O)CCN1Cc1ccnc(C(C)C)n1. The quantitative estimate of drug-likeness (QED) is 0.838. The first-order valence-electron chi connectivity index (χ1n) is 7.33. The van der Waals surface area contributed by atoms with Gasteiger partial charge in [0, 0.05) is 25.2 Å². The molecule has 0 spiro atoms. The number of rotatable bonds is 4. The lowest BCUT2D eigenvalue weighted by atomic mass is 9.99. The van der Waals surface area contributed by atoms with Gasteiger partial charge in [-0.25, -0.2) is 9.97 Å². The Labute approximate surface area is 125 Å². The Balaban J connectivity index is 2.12. The predicted molar refractivity (Wildman–Crippen MR) is 77.6 cm³/mol. The second-order valence-corrected chi connectivity index (χ2v) is 5.75. The highest BCUT2D eigenvalue weighted by Gasteiger charge is 2.33. The molecule has 0 amide bonds. The van der Waals surface area contributed by atoms with E-state index in [1.807, 2.05) is 24.8 Å². The van der Waals surface area contributed by atoms with Gasteiger partial charge < -0.3 is 9.84 Å². The fourth-order valence-corrected chi connectivity index (χ4v) is 2.55. The minimum Gasteiger partial charge on any atom is -0.468 e. The molecule has 1 aromatic heterocycles. The lowest BCUT2D eigenvalue weighted by molar-refractivity contribution is -0.150. The van der Waals surface area contributed by atoms with Gasteiger partial charge in [0.1, 0.15) is 11.9 Å². The highest BCUT2D eigenvalue weighted by Crippen LogP contribution is 2.21. The summed E-state index contributed by atoms with van der Waals surface area (Å²) in [6.45, 7) is 5.32. The highest BCUT2D eigenvalue weighted by atomic mass is 16.5. The molecule has 2 rings (SSSR count). The maximum Gasteiger partial charge on any atom is 0.323 e. The number of piperidine rings is 1. The van der Waals surface area contributed by atoms with Gasteiger partial charge in [-0.1, -0.05) is 13.8 Å². The summed E-state index contributed by atoms with van der Waals surface area (Å²) >= 11 is 0. The van der Waals surface area contributed by atoms with E-state index < -0.39 is 12.1 Å². The van der Waals surface area contributed by atoms with E-state index in [1.165, 1.54) is 7.11 Å². The summed E-state index contributed by atoms with van der Waals surface area (Å²) in [6, 6.07) is 1.46. The molecule has 1 aliphatic rings. The molecule has 1 N–H and O–H groups in total. The smallest absolute Gasteiger partial charge is 0.323 e. The summed E-state index contributed by atoms with van der Waals surface area (Å²) in [4.78, 5) is 22.7. The van der Waals surface area contributed by atoms with E-state index in [-0.39, 0.29) is 11.9 Å². The molecule has 1 fully saturated rings. The number of hydrogen-bond donors (Lipinski definition) is 1. The van der Waals surface area contributed by atoms with Crippen LogP contribution in [0.25, 0.3) is 0 Å². The minimum atomic E-state index is -0.443. The first-order chi connectivity index (χ1) is 10.0. The van der Waals surface area contributed by atoms with E-state index in [0.29, 0.717) is 25.9 Å². The molecule has 2 heterocycles. The van der Waals surface area contributed by atoms with E-state index in [9.17, 15) is 9.90 Å². The molecule has 1 aromatic rings. The number of likely N-dealkylation sites (tertiary alicyclic amines) is 1. The Bertz CT molecular complexity index is 493. The van der Waals surface area contributed by atoms with Crippen molar-refractivity contribution in [1.82, 2.24) is 14.9 Å². The summed E-state index contributed by atoms with van der Waals surface area (Å²) < 4.78 is 4.84. The molecule has 0 aliphatic carbocycles. The zero-order valence-corrected chi connectivity index (χ0v) is 12.8. The predicted octanol–water partition coefficient (Wildman–Crippen LogP) is 1.10. The van der Waals surface area contributed by atoms with Crippen molar-refractivity contribution in [2.75, 3.05) is 13.7 Å². The first-order valence-corrected chi connectivity index (χ1v) is 7.33. The molecule has 0 aromatic carbocycles. The van der Waals surface area contributed by atoms with Crippen molar-refractivity contribution in [3.63, 3.8) is 0 Å². The van der Waals surface area contributed by atoms with Gasteiger partial charge in [-0.2, -0.15) is 0 Å². The summed E-state index contributed by atoms with van der Waals surface area (Å²) in [5.41, 5.74) is 0.888. The molecule has 0 bridgehead atoms. The van der Waals surface area contributed by atoms with Crippen molar-refractivity contribution < 1.29 is 14.6 Å². The van der Waals surface area contributed by atoms with Gasteiger partial charge in [0.05, 0.1) is 18.9 Å². The lowest BCUT2D eigenvalue weighted by Gasteiger charge is -2.35. The van der Waals surface area contributed by atoms with Crippen molar-refractivity contribution in [1.29, 1.82) is 0 Å². The Kier molecular flexibility index (Phi) is 5.25. The largest absolute Gasteiger partial charge is 0.468 e. The van der Waals surface area contributed by atoms with Gasteiger partial charge >= 0.3 is 5.97 Å². The monoisotopic (exact) mass is 293 g/mol. The fourth-order valence-electron chi connectivity index (χ4n) is 2.55. The number of ether oxygens (including phenoxy) is 1. The van der Waals surface area contributed by atoms with Crippen LogP contribution in [0.2, 0.25) is 0 Å². The van der Waals surface area contributed by atoms with Gasteiger partial charge in [-0.15, -0.1) is 0 Å². The van der Waals surface area contributed by atoms with Crippen LogP contribution in [-0.2, 0) is 16.1 Å². The maximum atomic E-state index is 11.9. The summed E-state index contributed by atoms with van der Waals surface area (Å²) in [6.07, 6.45) is 2.38. The van der Waals surface area contributed by atoms with Crippen molar-refractivity contribution in [3.05, 3.63) is 23.8 Å². The Hall–Kier alpha value is -1.53. The van der Waals surface area contributed by atoms with Gasteiger partial charge in [0.2, 0.25) is 0 Å². The number of nitrogens with zero attached hydrogens (tertiary/aromatic N) is 3.